The van der Waals surface area contributed by atoms with Crippen LogP contribution in [0.15, 0.2) is 12.1 Å². The maximum Gasteiger partial charge on any atom is 0.233 e. The standard InChI is InChI=1S/C15H22N2OS2/c1-11-6-7-12(20-11)10-17-14(18)15(13(16)19)8-4-2-3-5-9-15/h6-7H,2-5,8-10H2,1H3,(H2,16,19)(H,17,18). The molecule has 1 aliphatic carbocycles. The van der Waals surface area contributed by atoms with Gasteiger partial charge in [0.1, 0.15) is 0 Å². The number of nitrogens with two attached hydrogens (primary N) is 1. The van der Waals surface area contributed by atoms with Crippen LogP contribution in [0.1, 0.15) is 48.3 Å². The van der Waals surface area contributed by atoms with Crippen molar-refractivity contribution in [3.63, 3.8) is 0 Å². The van der Waals surface area contributed by atoms with E-state index < -0.39 is 5.41 Å². The van der Waals surface area contributed by atoms with E-state index in [-0.39, 0.29) is 5.91 Å². The molecule has 0 aliphatic heterocycles. The highest BCUT2D eigenvalue weighted by molar-refractivity contribution is 7.80. The average Bonchev–Trinajstić information content (AvgIpc) is 2.68. The Morgan fingerprint density at radius 1 is 1.35 bits per heavy atom. The minimum absolute atomic E-state index is 0.0120. The SMILES string of the molecule is Cc1ccc(CNC(=O)C2(C(N)=S)CCCCCC2)s1. The molecule has 0 saturated heterocycles. The van der Waals surface area contributed by atoms with Crippen LogP contribution in [-0.4, -0.2) is 10.9 Å². The van der Waals surface area contributed by atoms with Crippen molar-refractivity contribution in [2.45, 2.75) is 52.0 Å². The maximum atomic E-state index is 12.6. The van der Waals surface area contributed by atoms with Crippen molar-refractivity contribution in [1.82, 2.24) is 5.32 Å². The number of hydrogen-bond donors (Lipinski definition) is 2. The van der Waals surface area contributed by atoms with Crippen molar-refractivity contribution in [3.8, 4) is 0 Å². The van der Waals surface area contributed by atoms with E-state index in [4.69, 9.17) is 18.0 Å². The van der Waals surface area contributed by atoms with E-state index >= 15 is 0 Å². The van der Waals surface area contributed by atoms with Gasteiger partial charge in [-0.2, -0.15) is 0 Å². The first-order chi connectivity index (χ1) is 9.54. The van der Waals surface area contributed by atoms with E-state index in [9.17, 15) is 4.79 Å². The van der Waals surface area contributed by atoms with Gasteiger partial charge >= 0.3 is 0 Å². The van der Waals surface area contributed by atoms with Crippen LogP contribution in [0.3, 0.4) is 0 Å². The molecule has 20 heavy (non-hydrogen) atoms. The predicted octanol–water partition coefficient (Wildman–Crippen LogP) is 3.30. The summed E-state index contributed by atoms with van der Waals surface area (Å²) in [5.74, 6) is 0.0120. The minimum atomic E-state index is -0.627. The van der Waals surface area contributed by atoms with Gasteiger partial charge in [-0.15, -0.1) is 11.3 Å². The van der Waals surface area contributed by atoms with Crippen LogP contribution in [0.25, 0.3) is 0 Å². The quantitative estimate of drug-likeness (QED) is 0.663. The van der Waals surface area contributed by atoms with E-state index in [1.54, 1.807) is 11.3 Å². The van der Waals surface area contributed by atoms with Crippen LogP contribution in [-0.2, 0) is 11.3 Å². The van der Waals surface area contributed by atoms with Crippen molar-refractivity contribution in [3.05, 3.63) is 21.9 Å². The van der Waals surface area contributed by atoms with Crippen LogP contribution < -0.4 is 11.1 Å². The summed E-state index contributed by atoms with van der Waals surface area (Å²) in [5, 5.41) is 3.04. The Morgan fingerprint density at radius 3 is 2.50 bits per heavy atom. The second-order valence-corrected chi connectivity index (χ2v) is 7.37. The summed E-state index contributed by atoms with van der Waals surface area (Å²) in [6.07, 6.45) is 5.98. The smallest absolute Gasteiger partial charge is 0.233 e. The molecule has 1 aliphatic rings. The zero-order valence-electron chi connectivity index (χ0n) is 11.9. The van der Waals surface area contributed by atoms with E-state index in [1.165, 1.54) is 22.6 Å². The molecule has 5 heteroatoms. The number of amides is 1. The third-order valence-corrected chi connectivity index (χ3v) is 5.47. The average molecular weight is 310 g/mol. The molecule has 1 fully saturated rings. The van der Waals surface area contributed by atoms with Crippen LogP contribution in [0.5, 0.6) is 0 Å². The molecule has 0 bridgehead atoms. The first-order valence-electron chi connectivity index (χ1n) is 7.18. The Morgan fingerprint density at radius 2 is 2.00 bits per heavy atom. The zero-order valence-corrected chi connectivity index (χ0v) is 13.5. The number of hydrogen-bond acceptors (Lipinski definition) is 3. The van der Waals surface area contributed by atoms with E-state index in [2.05, 4.69) is 24.4 Å². The van der Waals surface area contributed by atoms with Crippen LogP contribution in [0, 0.1) is 12.3 Å². The summed E-state index contributed by atoms with van der Waals surface area (Å²) in [7, 11) is 0. The van der Waals surface area contributed by atoms with Gasteiger partial charge in [0, 0.05) is 9.75 Å². The van der Waals surface area contributed by atoms with Crippen LogP contribution in [0.4, 0.5) is 0 Å². The van der Waals surface area contributed by atoms with Gasteiger partial charge in [-0.25, -0.2) is 0 Å². The highest BCUT2D eigenvalue weighted by Gasteiger charge is 2.41. The zero-order chi connectivity index (χ0) is 14.6. The number of nitrogens with one attached hydrogen (secondary N) is 1. The molecular formula is C15H22N2OS2. The summed E-state index contributed by atoms with van der Waals surface area (Å²) in [5.41, 5.74) is 5.29. The molecule has 3 N–H and O–H groups in total. The molecule has 1 amide bonds. The maximum absolute atomic E-state index is 12.6. The lowest BCUT2D eigenvalue weighted by molar-refractivity contribution is -0.128. The van der Waals surface area contributed by atoms with Gasteiger partial charge in [0.15, 0.2) is 0 Å². The molecule has 0 atom stereocenters. The molecule has 110 valence electrons. The van der Waals surface area contributed by atoms with Gasteiger partial charge in [-0.3, -0.25) is 4.79 Å². The minimum Gasteiger partial charge on any atom is -0.392 e. The van der Waals surface area contributed by atoms with Crippen LogP contribution >= 0.6 is 23.6 Å². The second kappa shape index (κ2) is 6.68. The summed E-state index contributed by atoms with van der Waals surface area (Å²) < 4.78 is 0. The number of carbonyl (C=O) groups excluding carboxylic acids is 1. The summed E-state index contributed by atoms with van der Waals surface area (Å²) in [6, 6.07) is 4.13. The topological polar surface area (TPSA) is 55.1 Å². The summed E-state index contributed by atoms with van der Waals surface area (Å²) in [4.78, 5) is 15.4. The predicted molar refractivity (Wildman–Crippen MR) is 87.8 cm³/mol. The normalized spacial score (nSPS) is 18.2. The lowest BCUT2D eigenvalue weighted by Crippen LogP contribution is -2.48. The molecule has 0 radical (unpaired) electrons. The Hall–Kier alpha value is -0.940. The number of rotatable bonds is 4. The molecule has 3 nitrogen and oxygen atoms in total. The van der Waals surface area contributed by atoms with Crippen molar-refractivity contribution in [2.75, 3.05) is 0 Å². The van der Waals surface area contributed by atoms with Crippen molar-refractivity contribution >= 4 is 34.5 Å². The monoisotopic (exact) mass is 310 g/mol. The lowest BCUT2D eigenvalue weighted by atomic mass is 9.79. The van der Waals surface area contributed by atoms with Crippen molar-refractivity contribution in [2.24, 2.45) is 11.1 Å². The largest absolute Gasteiger partial charge is 0.392 e. The van der Waals surface area contributed by atoms with Gasteiger partial charge < -0.3 is 11.1 Å². The molecular weight excluding hydrogens is 288 g/mol. The number of thiocarbonyl (C=S) groups is 1. The van der Waals surface area contributed by atoms with Gasteiger partial charge in [0.2, 0.25) is 5.91 Å². The molecule has 1 aromatic heterocycles. The van der Waals surface area contributed by atoms with Gasteiger partial charge in [-0.1, -0.05) is 37.9 Å². The fourth-order valence-corrected chi connectivity index (χ4v) is 3.96. The molecule has 0 spiro atoms. The Labute approximate surface area is 129 Å². The second-order valence-electron chi connectivity index (χ2n) is 5.56. The van der Waals surface area contributed by atoms with E-state index in [1.807, 2.05) is 0 Å². The Bertz CT molecular complexity index is 488. The summed E-state index contributed by atoms with van der Waals surface area (Å²) >= 11 is 6.93. The molecule has 1 saturated carbocycles. The van der Waals surface area contributed by atoms with E-state index in [0.29, 0.717) is 11.5 Å². The Balaban J connectivity index is 2.05. The molecule has 0 unspecified atom stereocenters. The first kappa shape index (κ1) is 15.4. The highest BCUT2D eigenvalue weighted by Crippen LogP contribution is 2.36. The fraction of sp³-hybridized carbons (Fsp3) is 0.600. The summed E-state index contributed by atoms with van der Waals surface area (Å²) in [6.45, 7) is 2.64. The molecule has 1 aromatic rings. The third-order valence-electron chi connectivity index (χ3n) is 4.08. The number of aryl methyl sites for hydroxylation is 1. The van der Waals surface area contributed by atoms with Crippen LogP contribution in [0.2, 0.25) is 0 Å². The van der Waals surface area contributed by atoms with Gasteiger partial charge in [0.05, 0.1) is 16.9 Å². The number of thiophene rings is 1. The number of carbonyl (C=O) groups is 1. The first-order valence-corrected chi connectivity index (χ1v) is 8.40. The highest BCUT2D eigenvalue weighted by atomic mass is 32.1. The fourth-order valence-electron chi connectivity index (χ4n) is 2.83. The van der Waals surface area contributed by atoms with Gasteiger partial charge in [0.25, 0.3) is 0 Å². The van der Waals surface area contributed by atoms with Gasteiger partial charge in [-0.05, 0) is 31.9 Å². The Kier molecular flexibility index (Phi) is 5.16. The third kappa shape index (κ3) is 3.38. The van der Waals surface area contributed by atoms with Crippen molar-refractivity contribution in [1.29, 1.82) is 0 Å². The molecule has 0 aromatic carbocycles. The molecule has 2 rings (SSSR count). The molecule has 1 heterocycles. The lowest BCUT2D eigenvalue weighted by Gasteiger charge is -2.30. The van der Waals surface area contributed by atoms with Crippen molar-refractivity contribution < 1.29 is 4.79 Å². The van der Waals surface area contributed by atoms with E-state index in [0.717, 1.165) is 25.7 Å².